The molecular weight excluding hydrogens is 777 g/mol. The highest BCUT2D eigenvalue weighted by Crippen LogP contribution is 2.03. The number of amides is 4. The van der Waals surface area contributed by atoms with Crippen LogP contribution in [0, 0.1) is 0 Å². The Morgan fingerprint density at radius 3 is 0.758 bits per heavy atom. The summed E-state index contributed by atoms with van der Waals surface area (Å²) in [6.07, 6.45) is 28.9. The van der Waals surface area contributed by atoms with Crippen molar-refractivity contribution in [1.82, 2.24) is 21.3 Å². The monoisotopic (exact) mass is 897 g/mol. The lowest BCUT2D eigenvalue weighted by Crippen LogP contribution is -2.48. The van der Waals surface area contributed by atoms with Crippen LogP contribution in [0.4, 0.5) is 0 Å². The quantitative estimate of drug-likeness (QED) is 0.0249. The van der Waals surface area contributed by atoms with Crippen molar-refractivity contribution in [2.45, 2.75) is 145 Å². The smallest absolute Gasteiger partial charge is 0.228 e. The molecule has 4 N–H and O–H groups in total. The van der Waals surface area contributed by atoms with Gasteiger partial charge in [0.25, 0.3) is 0 Å². The molecule has 0 spiro atoms. The number of unbranched alkanes of at least 4 members (excludes halogenated alkanes) is 2. The van der Waals surface area contributed by atoms with Gasteiger partial charge < -0.3 is 39.2 Å². The number of nitrogens with zero attached hydrogens (tertiary/aromatic N) is 4. The van der Waals surface area contributed by atoms with Gasteiger partial charge in [0.2, 0.25) is 23.6 Å². The van der Waals surface area contributed by atoms with Crippen LogP contribution in [0.2, 0.25) is 0 Å². The molecule has 0 aliphatic carbocycles. The maximum Gasteiger partial charge on any atom is 0.228 e. The number of hydrogen-bond donors (Lipinski definition) is 4. The summed E-state index contributed by atoms with van der Waals surface area (Å²) in [5.74, 6) is 0.461. The molecule has 0 saturated carbocycles. The summed E-state index contributed by atoms with van der Waals surface area (Å²) in [6.45, 7) is 24.2. The van der Waals surface area contributed by atoms with Crippen molar-refractivity contribution in [3.63, 3.8) is 0 Å². The Bertz CT molecular complexity index is 1170. The lowest BCUT2D eigenvalue weighted by Gasteiger charge is -2.29. The molecule has 380 valence electrons. The Kier molecular flexibility index (Phi) is 43.9. The van der Waals surface area contributed by atoms with E-state index in [0.717, 1.165) is 95.7 Å². The highest BCUT2D eigenvalue weighted by molar-refractivity contribution is 5.78. The van der Waals surface area contributed by atoms with E-state index in [1.54, 1.807) is 0 Å². The number of allylic oxidation sites excluding steroid dienone is 4. The van der Waals surface area contributed by atoms with Crippen molar-refractivity contribution < 1.29 is 48.5 Å². The van der Waals surface area contributed by atoms with Crippen molar-refractivity contribution in [3.05, 3.63) is 48.6 Å². The van der Waals surface area contributed by atoms with Gasteiger partial charge >= 0.3 is 0 Å². The van der Waals surface area contributed by atoms with Gasteiger partial charge in [0, 0.05) is 37.1 Å². The fourth-order valence-corrected chi connectivity index (χ4v) is 5.85. The van der Waals surface area contributed by atoms with E-state index < -0.39 is 0 Å². The highest BCUT2D eigenvalue weighted by atomic mass is 16.2. The summed E-state index contributed by atoms with van der Waals surface area (Å²) in [7, 11) is 17.1. The van der Waals surface area contributed by atoms with Crippen LogP contribution >= 0.6 is 0 Å². The molecule has 0 aromatic carbocycles. The number of hydrogen-bond acceptors (Lipinski definition) is 4. The summed E-state index contributed by atoms with van der Waals surface area (Å²) >= 11 is 0. The summed E-state index contributed by atoms with van der Waals surface area (Å²) in [4.78, 5) is 45.7. The zero-order valence-electron chi connectivity index (χ0n) is 43.6. The van der Waals surface area contributed by atoms with Gasteiger partial charge in [-0.3, -0.25) is 19.2 Å². The average molecular weight is 898 g/mol. The summed E-state index contributed by atoms with van der Waals surface area (Å²) in [5, 5.41) is 11.8. The number of carbonyl (C=O) groups excluding carboxylic acids is 4. The molecule has 0 unspecified atom stereocenters. The fraction of sp³-hybridized carbons (Fsp3) is 0.760. The van der Waals surface area contributed by atoms with E-state index in [-0.39, 0.29) is 35.0 Å². The van der Waals surface area contributed by atoms with E-state index in [9.17, 15) is 19.2 Å². The lowest BCUT2D eigenvalue weighted by atomic mass is 10.2. The first kappa shape index (κ1) is 65.3. The molecule has 0 aromatic heterocycles. The van der Waals surface area contributed by atoms with Crippen LogP contribution in [0.15, 0.2) is 48.6 Å². The van der Waals surface area contributed by atoms with E-state index in [2.05, 4.69) is 133 Å². The Morgan fingerprint density at radius 1 is 0.339 bits per heavy atom. The second-order valence-corrected chi connectivity index (χ2v) is 18.7. The number of quaternary nitrogens is 4. The van der Waals surface area contributed by atoms with Gasteiger partial charge in [-0.15, -0.1) is 0 Å². The van der Waals surface area contributed by atoms with Crippen LogP contribution in [0.25, 0.3) is 0 Å². The molecule has 12 nitrogen and oxygen atoms in total. The van der Waals surface area contributed by atoms with E-state index in [1.807, 2.05) is 48.6 Å². The second-order valence-electron chi connectivity index (χ2n) is 18.7. The van der Waals surface area contributed by atoms with E-state index in [0.29, 0.717) is 45.7 Å². The molecule has 12 heteroatoms. The lowest BCUT2D eigenvalue weighted by molar-refractivity contribution is -0.892. The molecule has 0 heterocycles. The van der Waals surface area contributed by atoms with Gasteiger partial charge in [-0.25, -0.2) is 0 Å². The number of nitrogens with one attached hydrogen (secondary N) is 4. The van der Waals surface area contributed by atoms with Crippen molar-refractivity contribution in [2.75, 3.05) is 109 Å². The first-order chi connectivity index (χ1) is 29.1. The summed E-state index contributed by atoms with van der Waals surface area (Å²) in [5.41, 5.74) is 0. The van der Waals surface area contributed by atoms with Crippen LogP contribution in [-0.4, -0.2) is 151 Å². The average Bonchev–Trinajstić information content (AvgIpc) is 3.19. The van der Waals surface area contributed by atoms with E-state index in [4.69, 9.17) is 0 Å². The van der Waals surface area contributed by atoms with Crippen molar-refractivity contribution >= 4 is 23.6 Å². The SMILES string of the molecule is CC/C=C\CC(=O)NC[N+](C)(C)CCC.CC/C=C\CC(=O)NC[N+](C)(C)CCC.CC/C=C\CC(=O)NC[N+](C)(C)CCC.CC/C=C\CC(=O)NC[N+](C)(C)CCCCC.[HH].[HH].[HH].[HH].[HH].[HH].[HH].[HH]. The molecule has 0 aliphatic rings. The van der Waals surface area contributed by atoms with Gasteiger partial charge in [-0.05, 0) is 57.8 Å². The first-order valence-corrected chi connectivity index (χ1v) is 24.0. The molecule has 0 rings (SSSR count). The van der Waals surface area contributed by atoms with Crippen LogP contribution < -0.4 is 21.3 Å². The van der Waals surface area contributed by atoms with Crippen molar-refractivity contribution in [2.24, 2.45) is 0 Å². The zero-order valence-corrected chi connectivity index (χ0v) is 43.6. The Labute approximate surface area is 395 Å². The molecular formula is C50H120N8O4+4. The topological polar surface area (TPSA) is 116 Å². The number of rotatable bonds is 30. The Hall–Kier alpha value is -3.32. The summed E-state index contributed by atoms with van der Waals surface area (Å²) in [6, 6.07) is 0. The highest BCUT2D eigenvalue weighted by Gasteiger charge is 2.17. The van der Waals surface area contributed by atoms with Crippen LogP contribution in [-0.2, 0) is 19.2 Å². The molecule has 0 aliphatic heterocycles. The predicted octanol–water partition coefficient (Wildman–Crippen LogP) is 10.4. The first-order valence-electron chi connectivity index (χ1n) is 24.0. The number of carbonyl (C=O) groups is 4. The third-order valence-electron chi connectivity index (χ3n) is 9.49. The van der Waals surface area contributed by atoms with Gasteiger partial charge in [0.05, 0.1) is 82.6 Å². The summed E-state index contributed by atoms with van der Waals surface area (Å²) < 4.78 is 3.41. The zero-order chi connectivity index (χ0) is 48.4. The third kappa shape index (κ3) is 51.0. The molecule has 0 bridgehead atoms. The van der Waals surface area contributed by atoms with Crippen molar-refractivity contribution in [3.8, 4) is 0 Å². The largest absolute Gasteiger partial charge is 0.311 e. The molecule has 0 atom stereocenters. The minimum atomic E-state index is 0. The molecule has 0 radical (unpaired) electrons. The standard InChI is InChI=1S/C14H28N2O.3C12H24N2O.8H2/c1-5-7-9-11-14(17)15-13-16(3,4)12-10-8-6-2;3*1-5-7-8-9-12(15)13-11-14(3,4)10-6-2;;;;;;;;/h7,9H,5-6,8,10-13H2,1-4H3;3*7-8H,5-6,9-11H2,1-4H3;8*1H/p+4/b9-7-;3*8-7-;;;;;;;;. The molecule has 0 aromatic rings. The maximum absolute atomic E-state index is 11.5. The molecule has 0 fully saturated rings. The predicted molar refractivity (Wildman–Crippen MR) is 283 cm³/mol. The van der Waals surface area contributed by atoms with Gasteiger partial charge in [-0.2, -0.15) is 0 Å². The van der Waals surface area contributed by atoms with Crippen LogP contribution in [0.1, 0.15) is 157 Å². The Balaban J connectivity index is -0.0000000618. The van der Waals surface area contributed by atoms with Gasteiger partial charge in [0.15, 0.2) is 26.7 Å². The fourth-order valence-electron chi connectivity index (χ4n) is 5.85. The van der Waals surface area contributed by atoms with Crippen LogP contribution in [0.3, 0.4) is 0 Å². The Morgan fingerprint density at radius 2 is 0.565 bits per heavy atom. The molecule has 62 heavy (non-hydrogen) atoms. The third-order valence-corrected chi connectivity index (χ3v) is 9.49. The van der Waals surface area contributed by atoms with Gasteiger partial charge in [0.1, 0.15) is 0 Å². The van der Waals surface area contributed by atoms with Crippen molar-refractivity contribution in [1.29, 1.82) is 0 Å². The van der Waals surface area contributed by atoms with E-state index >= 15 is 0 Å². The second kappa shape index (κ2) is 41.7. The molecule has 4 amide bonds. The maximum atomic E-state index is 11.5. The minimum Gasteiger partial charge on any atom is -0.311 e. The minimum absolute atomic E-state index is 0. The van der Waals surface area contributed by atoms with Gasteiger partial charge in [-0.1, -0.05) is 110 Å². The van der Waals surface area contributed by atoms with Crippen LogP contribution in [0.5, 0.6) is 0 Å². The van der Waals surface area contributed by atoms with E-state index in [1.165, 1.54) is 19.3 Å². The normalized spacial score (nSPS) is 12.0. The molecule has 0 saturated heterocycles.